The first-order valence-corrected chi connectivity index (χ1v) is 8.05. The van der Waals surface area contributed by atoms with Gasteiger partial charge in [-0.2, -0.15) is 4.80 Å². The van der Waals surface area contributed by atoms with Gasteiger partial charge in [0.05, 0.1) is 30.2 Å². The van der Waals surface area contributed by atoms with Crippen LogP contribution in [0.2, 0.25) is 0 Å². The number of carbonyl (C=O) groups excluding carboxylic acids is 1. The van der Waals surface area contributed by atoms with Gasteiger partial charge in [-0.05, 0) is 44.7 Å². The van der Waals surface area contributed by atoms with E-state index in [1.807, 2.05) is 20.8 Å². The third kappa shape index (κ3) is 4.46. The third-order valence-corrected chi connectivity index (χ3v) is 3.59. The van der Waals surface area contributed by atoms with Crippen LogP contribution in [0.3, 0.4) is 0 Å². The van der Waals surface area contributed by atoms with Crippen molar-refractivity contribution in [3.8, 4) is 0 Å². The molecule has 0 atom stereocenters. The molecule has 0 spiro atoms. The minimum atomic E-state index is -0.361. The molecule has 0 unspecified atom stereocenters. The van der Waals surface area contributed by atoms with Gasteiger partial charge in [-0.15, -0.1) is 10.2 Å². The lowest BCUT2D eigenvalue weighted by Crippen LogP contribution is -2.29. The quantitative estimate of drug-likeness (QED) is 0.859. The molecule has 0 aliphatic heterocycles. The molecule has 2 heterocycles. The summed E-state index contributed by atoms with van der Waals surface area (Å²) in [5.74, 6) is 2.02. The maximum atomic E-state index is 11.9. The number of nitrogens with one attached hydrogen (secondary N) is 2. The first kappa shape index (κ1) is 16.3. The van der Waals surface area contributed by atoms with E-state index in [9.17, 15) is 4.79 Å². The Kier molecular flexibility index (Phi) is 4.41. The third-order valence-electron chi connectivity index (χ3n) is 3.59. The topological polar surface area (TPSA) is 111 Å². The molecule has 9 heteroatoms. The maximum absolute atomic E-state index is 11.9. The smallest absolute Gasteiger partial charge is 0.319 e. The summed E-state index contributed by atoms with van der Waals surface area (Å²) in [5, 5.41) is 17.5. The second-order valence-electron chi connectivity index (χ2n) is 7.01. The molecule has 1 aliphatic rings. The zero-order chi connectivity index (χ0) is 17.2. The predicted octanol–water partition coefficient (Wildman–Crippen LogP) is 1.49. The number of aromatic nitrogens is 6. The Morgan fingerprint density at radius 3 is 2.54 bits per heavy atom. The van der Waals surface area contributed by atoms with E-state index in [4.69, 9.17) is 0 Å². The van der Waals surface area contributed by atoms with Crippen molar-refractivity contribution in [3.05, 3.63) is 24.0 Å². The van der Waals surface area contributed by atoms with Crippen LogP contribution < -0.4 is 10.6 Å². The van der Waals surface area contributed by atoms with Gasteiger partial charge in [-0.3, -0.25) is 0 Å². The molecule has 2 N–H and O–H groups in total. The molecule has 2 amide bonds. The summed E-state index contributed by atoms with van der Waals surface area (Å²) in [6.45, 7) is 6.13. The average Bonchev–Trinajstić information content (AvgIpc) is 3.19. The fraction of sp³-hybridized carbons (Fsp3) is 0.600. The van der Waals surface area contributed by atoms with Crippen LogP contribution in [0, 0.1) is 5.92 Å². The highest BCUT2D eigenvalue weighted by Gasteiger charge is 2.22. The second-order valence-corrected chi connectivity index (χ2v) is 7.01. The van der Waals surface area contributed by atoms with Gasteiger partial charge in [-0.1, -0.05) is 0 Å². The number of carbonyl (C=O) groups is 1. The van der Waals surface area contributed by atoms with Crippen LogP contribution in [-0.2, 0) is 18.5 Å². The van der Waals surface area contributed by atoms with Crippen molar-refractivity contribution >= 4 is 11.7 Å². The molecule has 0 aromatic carbocycles. The van der Waals surface area contributed by atoms with Crippen LogP contribution in [0.25, 0.3) is 0 Å². The van der Waals surface area contributed by atoms with Gasteiger partial charge in [0.25, 0.3) is 0 Å². The first-order chi connectivity index (χ1) is 11.4. The standard InChI is InChI=1S/C15H22N8O/c1-15(2,3)23-21-13(20-22-23)9-18-14(24)19-11-7-16-12(17-8-11)6-10-4-5-10/h7-8,10H,4-6,9H2,1-3H3,(H2,18,19,24). The molecule has 128 valence electrons. The molecule has 2 aromatic heterocycles. The highest BCUT2D eigenvalue weighted by molar-refractivity contribution is 5.88. The zero-order valence-electron chi connectivity index (χ0n) is 14.2. The van der Waals surface area contributed by atoms with Crippen LogP contribution >= 0.6 is 0 Å². The predicted molar refractivity (Wildman–Crippen MR) is 87.1 cm³/mol. The van der Waals surface area contributed by atoms with Crippen molar-refractivity contribution in [3.63, 3.8) is 0 Å². The lowest BCUT2D eigenvalue weighted by Gasteiger charge is -2.15. The van der Waals surface area contributed by atoms with Crippen molar-refractivity contribution < 1.29 is 4.79 Å². The van der Waals surface area contributed by atoms with Crippen LogP contribution in [-0.4, -0.2) is 36.2 Å². The lowest BCUT2D eigenvalue weighted by atomic mass is 10.1. The van der Waals surface area contributed by atoms with Crippen molar-refractivity contribution in [1.82, 2.24) is 35.5 Å². The van der Waals surface area contributed by atoms with E-state index < -0.39 is 0 Å². The Bertz CT molecular complexity index is 699. The number of hydrogen-bond acceptors (Lipinski definition) is 6. The summed E-state index contributed by atoms with van der Waals surface area (Å²) in [6, 6.07) is -0.361. The van der Waals surface area contributed by atoms with Crippen molar-refractivity contribution in [1.29, 1.82) is 0 Å². The Balaban J connectivity index is 1.47. The normalized spacial score (nSPS) is 14.5. The van der Waals surface area contributed by atoms with Crippen molar-refractivity contribution in [2.45, 2.75) is 52.1 Å². The van der Waals surface area contributed by atoms with Gasteiger partial charge in [-0.25, -0.2) is 14.8 Å². The molecule has 2 aromatic rings. The molecule has 3 rings (SSSR count). The van der Waals surface area contributed by atoms with Crippen molar-refractivity contribution in [2.24, 2.45) is 5.92 Å². The molecule has 0 bridgehead atoms. The summed E-state index contributed by atoms with van der Waals surface area (Å²) in [4.78, 5) is 22.0. The number of anilines is 1. The van der Waals surface area contributed by atoms with Gasteiger partial charge >= 0.3 is 6.03 Å². The summed E-state index contributed by atoms with van der Waals surface area (Å²) in [7, 11) is 0. The van der Waals surface area contributed by atoms with Gasteiger partial charge in [0.1, 0.15) is 5.82 Å². The molecule has 0 saturated heterocycles. The number of nitrogens with zero attached hydrogens (tertiary/aromatic N) is 6. The second kappa shape index (κ2) is 6.50. The van der Waals surface area contributed by atoms with Gasteiger partial charge in [0.2, 0.25) is 0 Å². The van der Waals surface area contributed by atoms with E-state index in [-0.39, 0.29) is 18.1 Å². The lowest BCUT2D eigenvalue weighted by molar-refractivity contribution is 0.251. The Labute approximate surface area is 140 Å². The first-order valence-electron chi connectivity index (χ1n) is 8.05. The van der Waals surface area contributed by atoms with E-state index in [0.717, 1.165) is 18.2 Å². The van der Waals surface area contributed by atoms with E-state index in [1.54, 1.807) is 12.4 Å². The SMILES string of the molecule is CC(C)(C)n1nnc(CNC(=O)Nc2cnc(CC3CC3)nc2)n1. The minimum Gasteiger partial charge on any atom is -0.330 e. The van der Waals surface area contributed by atoms with Crippen LogP contribution in [0.5, 0.6) is 0 Å². The highest BCUT2D eigenvalue weighted by Crippen LogP contribution is 2.31. The molecule has 1 aliphatic carbocycles. The highest BCUT2D eigenvalue weighted by atomic mass is 16.2. The zero-order valence-corrected chi connectivity index (χ0v) is 14.2. The van der Waals surface area contributed by atoms with Gasteiger partial charge < -0.3 is 10.6 Å². The van der Waals surface area contributed by atoms with Crippen LogP contribution in [0.15, 0.2) is 12.4 Å². The molecule has 1 fully saturated rings. The molecule has 0 radical (unpaired) electrons. The fourth-order valence-electron chi connectivity index (χ4n) is 2.04. The number of urea groups is 1. The number of rotatable bonds is 5. The Morgan fingerprint density at radius 1 is 1.25 bits per heavy atom. The fourth-order valence-corrected chi connectivity index (χ4v) is 2.04. The molecular weight excluding hydrogens is 308 g/mol. The summed E-state index contributed by atoms with van der Waals surface area (Å²) in [5.41, 5.74) is 0.311. The molecular formula is C15H22N8O. The van der Waals surface area contributed by atoms with E-state index in [2.05, 4.69) is 36.0 Å². The summed E-state index contributed by atoms with van der Waals surface area (Å²) >= 11 is 0. The Hall–Kier alpha value is -2.58. The average molecular weight is 330 g/mol. The molecule has 1 saturated carbocycles. The van der Waals surface area contributed by atoms with E-state index in [1.165, 1.54) is 17.6 Å². The van der Waals surface area contributed by atoms with Gasteiger partial charge in [0.15, 0.2) is 5.82 Å². The summed E-state index contributed by atoms with van der Waals surface area (Å²) < 4.78 is 0. The van der Waals surface area contributed by atoms with Crippen molar-refractivity contribution in [2.75, 3.05) is 5.32 Å². The van der Waals surface area contributed by atoms with E-state index >= 15 is 0 Å². The van der Waals surface area contributed by atoms with Crippen LogP contribution in [0.4, 0.5) is 10.5 Å². The summed E-state index contributed by atoms with van der Waals surface area (Å²) in [6.07, 6.45) is 6.69. The molecule has 24 heavy (non-hydrogen) atoms. The van der Waals surface area contributed by atoms with Gasteiger partial charge in [0, 0.05) is 6.42 Å². The Morgan fingerprint density at radius 2 is 1.96 bits per heavy atom. The number of hydrogen-bond donors (Lipinski definition) is 2. The number of amides is 2. The molecule has 9 nitrogen and oxygen atoms in total. The minimum absolute atomic E-state index is 0.197. The monoisotopic (exact) mass is 330 g/mol. The largest absolute Gasteiger partial charge is 0.330 e. The van der Waals surface area contributed by atoms with E-state index in [0.29, 0.717) is 11.5 Å². The number of tetrazole rings is 1. The van der Waals surface area contributed by atoms with Crippen LogP contribution in [0.1, 0.15) is 45.3 Å². The maximum Gasteiger partial charge on any atom is 0.319 e.